The molecule has 3 heterocycles. The minimum absolute atomic E-state index is 0.151. The zero-order valence-electron chi connectivity index (χ0n) is 14.7. The molecule has 0 radical (unpaired) electrons. The third kappa shape index (κ3) is 3.45. The number of hydrogen-bond donors (Lipinski definition) is 1. The second-order valence-corrected chi connectivity index (χ2v) is 7.83. The predicted molar refractivity (Wildman–Crippen MR) is 98.9 cm³/mol. The lowest BCUT2D eigenvalue weighted by Gasteiger charge is -2.07. The number of H-pyrrole nitrogens is 1. The van der Waals surface area contributed by atoms with Gasteiger partial charge in [0.25, 0.3) is 11.1 Å². The van der Waals surface area contributed by atoms with Gasteiger partial charge in [-0.05, 0) is 37.8 Å². The first-order valence-corrected chi connectivity index (χ1v) is 9.54. The first-order chi connectivity index (χ1) is 12.4. The lowest BCUT2D eigenvalue weighted by atomic mass is 10.1. The first-order valence-electron chi connectivity index (χ1n) is 7.78. The summed E-state index contributed by atoms with van der Waals surface area (Å²) in [5.41, 5.74) is 1.97. The molecule has 0 amide bonds. The number of ketones is 1. The molecule has 1 N–H and O–H groups in total. The monoisotopic (exact) mass is 391 g/mol. The number of esters is 1. The van der Waals surface area contributed by atoms with Gasteiger partial charge in [-0.3, -0.25) is 4.79 Å². The molecule has 0 unspecified atom stereocenters. The first kappa shape index (κ1) is 18.4. The topological polar surface area (TPSA) is 98.1 Å². The van der Waals surface area contributed by atoms with Crippen LogP contribution >= 0.6 is 23.1 Å². The van der Waals surface area contributed by atoms with Gasteiger partial charge >= 0.3 is 5.97 Å². The summed E-state index contributed by atoms with van der Waals surface area (Å²) in [6.07, 6.45) is 0. The molecule has 0 saturated carbocycles. The van der Waals surface area contributed by atoms with Crippen molar-refractivity contribution in [2.75, 3.05) is 7.11 Å². The summed E-state index contributed by atoms with van der Waals surface area (Å²) in [5, 5.41) is 9.78. The van der Waals surface area contributed by atoms with E-state index in [1.807, 2.05) is 17.5 Å². The smallest absolute Gasteiger partial charge is 0.339 e. The van der Waals surface area contributed by atoms with E-state index in [0.717, 1.165) is 4.88 Å². The Morgan fingerprint density at radius 2 is 2.12 bits per heavy atom. The quantitative estimate of drug-likeness (QED) is 0.387. The molecule has 136 valence electrons. The molecular formula is C17H17N3O4S2. The van der Waals surface area contributed by atoms with Crippen LogP contribution in [0, 0.1) is 13.8 Å². The zero-order chi connectivity index (χ0) is 18.8. The van der Waals surface area contributed by atoms with Crippen molar-refractivity contribution in [2.24, 2.45) is 0 Å². The minimum Gasteiger partial charge on any atom is -0.465 e. The van der Waals surface area contributed by atoms with Gasteiger partial charge in [0, 0.05) is 5.69 Å². The van der Waals surface area contributed by atoms with Crippen LogP contribution < -0.4 is 0 Å². The number of ether oxygens (including phenoxy) is 1. The number of aromatic nitrogens is 3. The lowest BCUT2D eigenvalue weighted by Crippen LogP contribution is -2.15. The van der Waals surface area contributed by atoms with E-state index >= 15 is 0 Å². The third-order valence-corrected chi connectivity index (χ3v) is 5.65. The van der Waals surface area contributed by atoms with Crippen molar-refractivity contribution in [3.63, 3.8) is 0 Å². The van der Waals surface area contributed by atoms with Crippen LogP contribution in [0.15, 0.2) is 27.2 Å². The number of nitrogens with zero attached hydrogens (tertiary/aromatic N) is 2. The lowest BCUT2D eigenvalue weighted by molar-refractivity contribution is 0.0599. The Hall–Kier alpha value is -2.39. The fourth-order valence-electron chi connectivity index (χ4n) is 2.57. The second-order valence-electron chi connectivity index (χ2n) is 5.59. The average molecular weight is 391 g/mol. The van der Waals surface area contributed by atoms with Crippen LogP contribution in [0.1, 0.15) is 39.0 Å². The van der Waals surface area contributed by atoms with Crippen LogP contribution in [0.3, 0.4) is 0 Å². The number of Topliss-reactive ketones (excluding diaryl/α,β-unsaturated/α-hetero) is 1. The molecule has 0 aliphatic rings. The van der Waals surface area contributed by atoms with Gasteiger partial charge in [-0.15, -0.1) is 21.5 Å². The highest BCUT2D eigenvalue weighted by atomic mass is 32.2. The van der Waals surface area contributed by atoms with E-state index in [1.54, 1.807) is 20.8 Å². The van der Waals surface area contributed by atoms with Crippen molar-refractivity contribution in [2.45, 2.75) is 31.2 Å². The molecule has 0 fully saturated rings. The van der Waals surface area contributed by atoms with E-state index in [1.165, 1.54) is 30.2 Å². The van der Waals surface area contributed by atoms with E-state index in [0.29, 0.717) is 33.6 Å². The van der Waals surface area contributed by atoms with Crippen molar-refractivity contribution >= 4 is 34.9 Å². The molecule has 0 aliphatic heterocycles. The van der Waals surface area contributed by atoms with Crippen molar-refractivity contribution < 1.29 is 18.7 Å². The number of hydrogen-bond acceptors (Lipinski definition) is 8. The van der Waals surface area contributed by atoms with Crippen molar-refractivity contribution in [3.8, 4) is 10.8 Å². The molecule has 0 saturated heterocycles. The standard InChI is InChI=1S/C17H17N3O4S2/c1-8-12(16(22)23-4)9(2)18-13(8)14(21)10(3)26-17-20-19-15(24-17)11-6-5-7-25-11/h5-7,10,18H,1-4H3/t10-/m1/s1. The number of carbonyl (C=O) groups excluding carboxylic acids is 2. The summed E-state index contributed by atoms with van der Waals surface area (Å²) in [6.45, 7) is 5.22. The number of aromatic amines is 1. The summed E-state index contributed by atoms with van der Waals surface area (Å²) in [5.74, 6) is -0.184. The van der Waals surface area contributed by atoms with Gasteiger partial charge in [0.2, 0.25) is 0 Å². The van der Waals surface area contributed by atoms with Crippen LogP contribution in [0.4, 0.5) is 0 Å². The molecule has 7 nitrogen and oxygen atoms in total. The van der Waals surface area contributed by atoms with Gasteiger partial charge < -0.3 is 14.1 Å². The second kappa shape index (κ2) is 7.46. The molecule has 3 aromatic heterocycles. The van der Waals surface area contributed by atoms with Crippen molar-refractivity contribution in [1.29, 1.82) is 0 Å². The van der Waals surface area contributed by atoms with Crippen LogP contribution in [0.25, 0.3) is 10.8 Å². The van der Waals surface area contributed by atoms with Crippen molar-refractivity contribution in [3.05, 3.63) is 40.0 Å². The van der Waals surface area contributed by atoms with Crippen LogP contribution in [0.2, 0.25) is 0 Å². The molecule has 0 aliphatic carbocycles. The van der Waals surface area contributed by atoms with E-state index in [2.05, 4.69) is 15.2 Å². The SMILES string of the molecule is COC(=O)c1c(C)[nH]c(C(=O)[C@@H](C)Sc2nnc(-c3cccs3)o2)c1C. The fraction of sp³-hybridized carbons (Fsp3) is 0.294. The molecule has 3 aromatic rings. The van der Waals surface area contributed by atoms with E-state index in [-0.39, 0.29) is 5.78 Å². The molecule has 0 bridgehead atoms. The minimum atomic E-state index is -0.465. The van der Waals surface area contributed by atoms with E-state index < -0.39 is 11.2 Å². The molecule has 1 atom stereocenters. The highest BCUT2D eigenvalue weighted by molar-refractivity contribution is 8.00. The number of methoxy groups -OCH3 is 1. The van der Waals surface area contributed by atoms with Gasteiger partial charge in [0.05, 0.1) is 28.5 Å². The summed E-state index contributed by atoms with van der Waals surface area (Å²) in [4.78, 5) is 28.5. The fourth-order valence-corrected chi connectivity index (χ4v) is 3.96. The van der Waals surface area contributed by atoms with Gasteiger partial charge in [-0.25, -0.2) is 4.79 Å². The van der Waals surface area contributed by atoms with Crippen LogP contribution in [0.5, 0.6) is 0 Å². The normalized spacial score (nSPS) is 12.2. The number of carbonyl (C=O) groups is 2. The molecule has 0 aromatic carbocycles. The average Bonchev–Trinajstić information content (AvgIpc) is 3.34. The van der Waals surface area contributed by atoms with Crippen LogP contribution in [-0.4, -0.2) is 39.3 Å². The molecular weight excluding hydrogens is 374 g/mol. The maximum Gasteiger partial charge on any atom is 0.339 e. The summed E-state index contributed by atoms with van der Waals surface area (Å²) >= 11 is 2.68. The largest absolute Gasteiger partial charge is 0.465 e. The summed E-state index contributed by atoms with van der Waals surface area (Å²) < 4.78 is 10.4. The van der Waals surface area contributed by atoms with Crippen LogP contribution in [-0.2, 0) is 4.74 Å². The predicted octanol–water partition coefficient (Wildman–Crippen LogP) is 3.89. The Bertz CT molecular complexity index is 944. The number of thiophene rings is 1. The summed E-state index contributed by atoms with van der Waals surface area (Å²) in [6, 6.07) is 3.79. The van der Waals surface area contributed by atoms with E-state index in [9.17, 15) is 9.59 Å². The molecule has 0 spiro atoms. The van der Waals surface area contributed by atoms with E-state index in [4.69, 9.17) is 9.15 Å². The number of nitrogens with one attached hydrogen (secondary N) is 1. The molecule has 3 rings (SSSR count). The number of aryl methyl sites for hydroxylation is 1. The maximum atomic E-state index is 12.8. The third-order valence-electron chi connectivity index (χ3n) is 3.86. The molecule has 26 heavy (non-hydrogen) atoms. The Morgan fingerprint density at radius 1 is 1.35 bits per heavy atom. The molecule has 9 heteroatoms. The Labute approximate surface area is 158 Å². The highest BCUT2D eigenvalue weighted by Crippen LogP contribution is 2.30. The zero-order valence-corrected chi connectivity index (χ0v) is 16.3. The highest BCUT2D eigenvalue weighted by Gasteiger charge is 2.27. The van der Waals surface area contributed by atoms with Gasteiger partial charge in [0.1, 0.15) is 0 Å². The maximum absolute atomic E-state index is 12.8. The number of thioether (sulfide) groups is 1. The Morgan fingerprint density at radius 3 is 2.77 bits per heavy atom. The van der Waals surface area contributed by atoms with Gasteiger partial charge in [-0.1, -0.05) is 17.8 Å². The Kier molecular flexibility index (Phi) is 5.28. The van der Waals surface area contributed by atoms with Gasteiger partial charge in [-0.2, -0.15) is 0 Å². The number of rotatable bonds is 6. The summed E-state index contributed by atoms with van der Waals surface area (Å²) in [7, 11) is 1.31. The van der Waals surface area contributed by atoms with Gasteiger partial charge in [0.15, 0.2) is 5.78 Å². The van der Waals surface area contributed by atoms with Crippen molar-refractivity contribution in [1.82, 2.24) is 15.2 Å². The Balaban J connectivity index is 1.77.